The standard InChI is InChI=1S/C9H12Br.C6H7.Fe/c1-8-4-2-5-9(8)6-3-7-10;1-6-4-2-3-5-6;/h2,4-5H,3,6-7H2,1H3;2-5H,1H3;/q2*-1;+2. The van der Waals surface area contributed by atoms with Crippen LogP contribution in [0.15, 0.2) is 42.5 Å². The van der Waals surface area contributed by atoms with Gasteiger partial charge in [-0.25, -0.2) is 24.3 Å². The van der Waals surface area contributed by atoms with Gasteiger partial charge < -0.3 is 0 Å². The van der Waals surface area contributed by atoms with E-state index in [0.29, 0.717) is 0 Å². The normalized spacial score (nSPS) is 9.12. The fourth-order valence-electron chi connectivity index (χ4n) is 1.56. The van der Waals surface area contributed by atoms with Gasteiger partial charge in [0.05, 0.1) is 0 Å². The third-order valence-electron chi connectivity index (χ3n) is 2.56. The van der Waals surface area contributed by atoms with Gasteiger partial charge in [-0.1, -0.05) is 36.2 Å². The molecule has 0 radical (unpaired) electrons. The summed E-state index contributed by atoms with van der Waals surface area (Å²) >= 11 is 3.42. The average Bonchev–Trinajstić information content (AvgIpc) is 2.88. The van der Waals surface area contributed by atoms with Gasteiger partial charge in [-0.05, 0) is 6.42 Å². The molecule has 2 rings (SSSR count). The molecule has 0 spiro atoms. The van der Waals surface area contributed by atoms with Crippen molar-refractivity contribution >= 4 is 15.9 Å². The fraction of sp³-hybridized carbons (Fsp3) is 0.333. The number of hydrogen-bond donors (Lipinski definition) is 0. The molecule has 17 heavy (non-hydrogen) atoms. The van der Waals surface area contributed by atoms with Gasteiger partial charge in [0.15, 0.2) is 0 Å². The van der Waals surface area contributed by atoms with E-state index in [2.05, 4.69) is 60.1 Å². The molecule has 0 aliphatic heterocycles. The molecule has 0 saturated heterocycles. The summed E-state index contributed by atoms with van der Waals surface area (Å²) in [6, 6.07) is 14.7. The number of rotatable bonds is 3. The maximum absolute atomic E-state index is 3.42. The molecule has 0 bridgehead atoms. The van der Waals surface area contributed by atoms with Gasteiger partial charge >= 0.3 is 17.1 Å². The third-order valence-corrected chi connectivity index (χ3v) is 3.12. The van der Waals surface area contributed by atoms with E-state index >= 15 is 0 Å². The second-order valence-corrected chi connectivity index (χ2v) is 4.78. The zero-order chi connectivity index (χ0) is 11.8. The van der Waals surface area contributed by atoms with E-state index in [9.17, 15) is 0 Å². The summed E-state index contributed by atoms with van der Waals surface area (Å²) in [4.78, 5) is 0. The molecule has 0 aliphatic carbocycles. The van der Waals surface area contributed by atoms with Crippen LogP contribution < -0.4 is 0 Å². The maximum Gasteiger partial charge on any atom is 2.00 e. The first-order valence-corrected chi connectivity index (χ1v) is 6.81. The van der Waals surface area contributed by atoms with Crippen molar-refractivity contribution in [1.82, 2.24) is 0 Å². The van der Waals surface area contributed by atoms with Gasteiger partial charge in [0.1, 0.15) is 0 Å². The van der Waals surface area contributed by atoms with E-state index in [0.717, 1.165) is 5.33 Å². The van der Waals surface area contributed by atoms with Crippen LogP contribution in [-0.2, 0) is 23.5 Å². The quantitative estimate of drug-likeness (QED) is 0.431. The minimum atomic E-state index is 0. The molecule has 0 aromatic heterocycles. The van der Waals surface area contributed by atoms with Crippen LogP contribution in [0.1, 0.15) is 23.1 Å². The Bertz CT molecular complexity index is 373. The average molecular weight is 335 g/mol. The van der Waals surface area contributed by atoms with Gasteiger partial charge in [0.2, 0.25) is 0 Å². The predicted octanol–water partition coefficient (Wildman–Crippen LogP) is 4.75. The van der Waals surface area contributed by atoms with E-state index in [-0.39, 0.29) is 17.1 Å². The van der Waals surface area contributed by atoms with Crippen molar-refractivity contribution in [3.05, 3.63) is 59.2 Å². The Morgan fingerprint density at radius 2 is 1.71 bits per heavy atom. The van der Waals surface area contributed by atoms with Crippen LogP contribution >= 0.6 is 15.9 Å². The molecule has 0 amide bonds. The minimum Gasteiger partial charge on any atom is -0.213 e. The van der Waals surface area contributed by atoms with Crippen molar-refractivity contribution in [2.45, 2.75) is 26.7 Å². The monoisotopic (exact) mass is 334 g/mol. The molecule has 0 atom stereocenters. The Balaban J connectivity index is 0.000000316. The smallest absolute Gasteiger partial charge is 0.213 e. The molecule has 0 heterocycles. The van der Waals surface area contributed by atoms with E-state index in [4.69, 9.17) is 0 Å². The first kappa shape index (κ1) is 16.7. The van der Waals surface area contributed by atoms with Crippen molar-refractivity contribution in [3.63, 3.8) is 0 Å². The van der Waals surface area contributed by atoms with E-state index in [1.807, 2.05) is 12.1 Å². The fourth-order valence-corrected chi connectivity index (χ4v) is 1.84. The molecule has 0 nitrogen and oxygen atoms in total. The zero-order valence-electron chi connectivity index (χ0n) is 10.4. The Labute approximate surface area is 124 Å². The van der Waals surface area contributed by atoms with Crippen molar-refractivity contribution in [1.29, 1.82) is 0 Å². The van der Waals surface area contributed by atoms with E-state index in [1.165, 1.54) is 29.5 Å². The number of alkyl halides is 1. The molecule has 94 valence electrons. The molecule has 0 saturated carbocycles. The molecule has 2 aromatic carbocycles. The van der Waals surface area contributed by atoms with Crippen molar-refractivity contribution < 1.29 is 17.1 Å². The van der Waals surface area contributed by atoms with Crippen molar-refractivity contribution in [2.75, 3.05) is 5.33 Å². The molecule has 0 N–H and O–H groups in total. The minimum absolute atomic E-state index is 0. The van der Waals surface area contributed by atoms with Gasteiger partial charge in [0, 0.05) is 5.33 Å². The largest absolute Gasteiger partial charge is 2.00 e. The third kappa shape index (κ3) is 6.88. The molecule has 0 fully saturated rings. The van der Waals surface area contributed by atoms with Gasteiger partial charge in [-0.3, -0.25) is 0 Å². The predicted molar refractivity (Wildman–Crippen MR) is 75.7 cm³/mol. The Kier molecular flexibility index (Phi) is 9.53. The summed E-state index contributed by atoms with van der Waals surface area (Å²) in [7, 11) is 0. The van der Waals surface area contributed by atoms with E-state index in [1.54, 1.807) is 0 Å². The Morgan fingerprint density at radius 3 is 2.06 bits per heavy atom. The van der Waals surface area contributed by atoms with Crippen LogP contribution in [0.4, 0.5) is 0 Å². The Hall–Kier alpha value is -0.301. The number of hydrogen-bond acceptors (Lipinski definition) is 0. The van der Waals surface area contributed by atoms with Gasteiger partial charge in [-0.2, -0.15) is 34.9 Å². The van der Waals surface area contributed by atoms with Crippen molar-refractivity contribution in [2.24, 2.45) is 0 Å². The van der Waals surface area contributed by atoms with Crippen molar-refractivity contribution in [3.8, 4) is 0 Å². The summed E-state index contributed by atoms with van der Waals surface area (Å²) in [6.07, 6.45) is 2.45. The summed E-state index contributed by atoms with van der Waals surface area (Å²) in [5.74, 6) is 0. The molecule has 2 aromatic rings. The van der Waals surface area contributed by atoms with Crippen LogP contribution in [0.2, 0.25) is 0 Å². The molecular weight excluding hydrogens is 316 g/mol. The van der Waals surface area contributed by atoms with Crippen LogP contribution in [0.25, 0.3) is 0 Å². The molecule has 2 heteroatoms. The second-order valence-electron chi connectivity index (χ2n) is 3.99. The van der Waals surface area contributed by atoms with E-state index < -0.39 is 0 Å². The molecule has 0 unspecified atom stereocenters. The summed E-state index contributed by atoms with van der Waals surface area (Å²) in [5.41, 5.74) is 4.27. The van der Waals surface area contributed by atoms with Gasteiger partial charge in [0.25, 0.3) is 0 Å². The van der Waals surface area contributed by atoms with Crippen LogP contribution in [-0.4, -0.2) is 5.33 Å². The second kappa shape index (κ2) is 9.70. The van der Waals surface area contributed by atoms with Crippen LogP contribution in [0.3, 0.4) is 0 Å². The van der Waals surface area contributed by atoms with Crippen LogP contribution in [0, 0.1) is 13.8 Å². The summed E-state index contributed by atoms with van der Waals surface area (Å²) in [6.45, 7) is 4.25. The first-order chi connectivity index (χ1) is 7.74. The SMILES string of the molecule is C[c-]1cccc1.C[c-]1cccc1CCCBr.[Fe+2]. The zero-order valence-corrected chi connectivity index (χ0v) is 13.1. The summed E-state index contributed by atoms with van der Waals surface area (Å²) in [5, 5.41) is 1.11. The Morgan fingerprint density at radius 1 is 1.06 bits per heavy atom. The number of halogens is 1. The maximum atomic E-state index is 3.42. The first-order valence-electron chi connectivity index (χ1n) is 5.69. The number of aryl methyl sites for hydroxylation is 3. The van der Waals surface area contributed by atoms with Crippen LogP contribution in [0.5, 0.6) is 0 Å². The molecule has 0 aliphatic rings. The summed E-state index contributed by atoms with van der Waals surface area (Å²) < 4.78 is 0. The molecular formula is C15H19BrFe. The topological polar surface area (TPSA) is 0 Å². The van der Waals surface area contributed by atoms with Gasteiger partial charge in [-0.15, -0.1) is 0 Å².